The second kappa shape index (κ2) is 3.91. The third kappa shape index (κ3) is 2.33. The Labute approximate surface area is 101 Å². The number of aromatic nitrogens is 2. The van der Waals surface area contributed by atoms with Crippen LogP contribution >= 0.6 is 0 Å². The van der Waals surface area contributed by atoms with E-state index in [2.05, 4.69) is 4.98 Å². The average Bonchev–Trinajstić information content (AvgIpc) is 2.50. The lowest BCUT2D eigenvalue weighted by atomic mass is 10.1. The van der Waals surface area contributed by atoms with Crippen LogP contribution in [-0.2, 0) is 4.74 Å². The number of pyridine rings is 1. The SMILES string of the molecule is Bc1cc2cccnc2n1C(=O)OC(C)(C)C. The van der Waals surface area contributed by atoms with Gasteiger partial charge in [0.15, 0.2) is 7.85 Å². The van der Waals surface area contributed by atoms with E-state index in [1.54, 1.807) is 6.20 Å². The molecular formula is C12H15BN2O2. The maximum absolute atomic E-state index is 12.1. The number of nitrogens with zero attached hydrogens (tertiary/aromatic N) is 2. The van der Waals surface area contributed by atoms with Crippen molar-refractivity contribution >= 4 is 30.6 Å². The molecule has 2 aromatic heterocycles. The van der Waals surface area contributed by atoms with Gasteiger partial charge in [-0.1, -0.05) is 0 Å². The predicted octanol–water partition coefficient (Wildman–Crippen LogP) is 1.08. The lowest BCUT2D eigenvalue weighted by Crippen LogP contribution is -2.32. The van der Waals surface area contributed by atoms with Gasteiger partial charge < -0.3 is 4.74 Å². The summed E-state index contributed by atoms with van der Waals surface area (Å²) in [6.45, 7) is 5.54. The maximum atomic E-state index is 12.1. The molecule has 4 nitrogen and oxygen atoms in total. The van der Waals surface area contributed by atoms with Gasteiger partial charge in [-0.05, 0) is 44.6 Å². The molecular weight excluding hydrogens is 215 g/mol. The summed E-state index contributed by atoms with van der Waals surface area (Å²) in [5.41, 5.74) is 0.960. The van der Waals surface area contributed by atoms with E-state index < -0.39 is 5.60 Å². The Balaban J connectivity index is 2.48. The summed E-state index contributed by atoms with van der Waals surface area (Å²) in [5, 5.41) is 0.941. The molecule has 5 heteroatoms. The summed E-state index contributed by atoms with van der Waals surface area (Å²) in [6.07, 6.45) is 1.28. The Hall–Kier alpha value is -1.78. The van der Waals surface area contributed by atoms with Crippen molar-refractivity contribution in [2.45, 2.75) is 26.4 Å². The van der Waals surface area contributed by atoms with E-state index in [-0.39, 0.29) is 6.09 Å². The largest absolute Gasteiger partial charge is 0.443 e. The van der Waals surface area contributed by atoms with Crippen molar-refractivity contribution in [2.75, 3.05) is 0 Å². The quantitative estimate of drug-likeness (QED) is 0.636. The zero-order chi connectivity index (χ0) is 12.6. The molecule has 88 valence electrons. The second-order valence-corrected chi connectivity index (χ2v) is 5.02. The molecule has 0 radical (unpaired) electrons. The Morgan fingerprint density at radius 2 is 2.18 bits per heavy atom. The van der Waals surface area contributed by atoms with Gasteiger partial charge in [0.2, 0.25) is 0 Å². The van der Waals surface area contributed by atoms with Gasteiger partial charge in [-0.3, -0.25) is 0 Å². The molecule has 2 aromatic rings. The lowest BCUT2D eigenvalue weighted by Gasteiger charge is -2.20. The van der Waals surface area contributed by atoms with Gasteiger partial charge in [-0.15, -0.1) is 0 Å². The zero-order valence-corrected chi connectivity index (χ0v) is 10.5. The average molecular weight is 230 g/mol. The molecule has 0 bridgehead atoms. The van der Waals surface area contributed by atoms with Crippen molar-refractivity contribution in [3.05, 3.63) is 24.4 Å². The maximum Gasteiger partial charge on any atom is 0.419 e. The third-order valence-corrected chi connectivity index (χ3v) is 2.32. The van der Waals surface area contributed by atoms with Gasteiger partial charge >= 0.3 is 6.09 Å². The normalized spacial score (nSPS) is 11.7. The van der Waals surface area contributed by atoms with E-state index >= 15 is 0 Å². The highest BCUT2D eigenvalue weighted by molar-refractivity contribution is 6.33. The van der Waals surface area contributed by atoms with E-state index in [4.69, 9.17) is 4.74 Å². The van der Waals surface area contributed by atoms with E-state index in [1.807, 2.05) is 46.8 Å². The summed E-state index contributed by atoms with van der Waals surface area (Å²) in [5.74, 6) is 0. The fraction of sp³-hybridized carbons (Fsp3) is 0.333. The first-order valence-corrected chi connectivity index (χ1v) is 5.55. The van der Waals surface area contributed by atoms with E-state index in [0.717, 1.165) is 11.0 Å². The van der Waals surface area contributed by atoms with Crippen molar-refractivity contribution in [3.63, 3.8) is 0 Å². The van der Waals surface area contributed by atoms with Crippen LogP contribution in [-0.4, -0.2) is 29.1 Å². The number of hydrogen-bond acceptors (Lipinski definition) is 3. The highest BCUT2D eigenvalue weighted by atomic mass is 16.6. The molecule has 0 unspecified atom stereocenters. The molecule has 0 aliphatic rings. The number of ether oxygens (including phenoxy) is 1. The minimum atomic E-state index is -0.505. The van der Waals surface area contributed by atoms with E-state index in [9.17, 15) is 4.79 Å². The van der Waals surface area contributed by atoms with Crippen LogP contribution in [0.4, 0.5) is 4.79 Å². The Kier molecular flexibility index (Phi) is 2.69. The molecule has 2 rings (SSSR count). The minimum Gasteiger partial charge on any atom is -0.443 e. The highest BCUT2D eigenvalue weighted by Crippen LogP contribution is 2.14. The van der Waals surface area contributed by atoms with Crippen molar-refractivity contribution < 1.29 is 9.53 Å². The molecule has 0 aromatic carbocycles. The monoisotopic (exact) mass is 230 g/mol. The summed E-state index contributed by atoms with van der Waals surface area (Å²) in [7, 11) is 1.87. The molecule has 0 N–H and O–H groups in total. The Morgan fingerprint density at radius 1 is 1.47 bits per heavy atom. The Morgan fingerprint density at radius 3 is 2.82 bits per heavy atom. The lowest BCUT2D eigenvalue weighted by molar-refractivity contribution is 0.0548. The molecule has 0 amide bonds. The molecule has 2 heterocycles. The van der Waals surface area contributed by atoms with Crippen LogP contribution in [0.1, 0.15) is 20.8 Å². The summed E-state index contributed by atoms with van der Waals surface area (Å²) < 4.78 is 6.86. The van der Waals surface area contributed by atoms with Crippen LogP contribution in [0, 0.1) is 0 Å². The van der Waals surface area contributed by atoms with Crippen LogP contribution in [0.15, 0.2) is 24.4 Å². The van der Waals surface area contributed by atoms with Gasteiger partial charge in [-0.25, -0.2) is 14.3 Å². The summed E-state index contributed by atoms with van der Waals surface area (Å²) in [6, 6.07) is 5.70. The standard InChI is InChI=1S/C12H15BN2O2/c1-12(2,3)17-11(16)15-9(13)7-8-5-4-6-14-10(8)15/h4-7H,13H2,1-3H3. The Bertz CT molecular complexity index is 569. The van der Waals surface area contributed by atoms with Crippen molar-refractivity contribution in [2.24, 2.45) is 0 Å². The molecule has 0 atom stereocenters. The predicted molar refractivity (Wildman–Crippen MR) is 69.5 cm³/mol. The number of carbonyl (C=O) groups excluding carboxylic acids is 1. The first-order valence-electron chi connectivity index (χ1n) is 5.55. The summed E-state index contributed by atoms with van der Waals surface area (Å²) >= 11 is 0. The molecule has 0 aliphatic heterocycles. The minimum absolute atomic E-state index is 0.385. The first-order chi connectivity index (χ1) is 7.88. The molecule has 17 heavy (non-hydrogen) atoms. The molecule has 0 saturated heterocycles. The highest BCUT2D eigenvalue weighted by Gasteiger charge is 2.20. The number of carbonyl (C=O) groups is 1. The first kappa shape index (κ1) is 11.7. The van der Waals surface area contributed by atoms with Crippen LogP contribution in [0.3, 0.4) is 0 Å². The number of rotatable bonds is 0. The van der Waals surface area contributed by atoms with E-state index in [1.165, 1.54) is 4.57 Å². The van der Waals surface area contributed by atoms with Crippen LogP contribution < -0.4 is 5.59 Å². The topological polar surface area (TPSA) is 44.1 Å². The van der Waals surface area contributed by atoms with Gasteiger partial charge in [0, 0.05) is 11.6 Å². The van der Waals surface area contributed by atoms with Crippen LogP contribution in [0.25, 0.3) is 11.0 Å². The number of hydrogen-bond donors (Lipinski definition) is 0. The van der Waals surface area contributed by atoms with Crippen LogP contribution in [0.2, 0.25) is 0 Å². The van der Waals surface area contributed by atoms with Gasteiger partial charge in [-0.2, -0.15) is 0 Å². The van der Waals surface area contributed by atoms with Crippen molar-refractivity contribution in [3.8, 4) is 0 Å². The zero-order valence-electron chi connectivity index (χ0n) is 10.5. The molecule has 0 spiro atoms. The molecule has 0 aliphatic carbocycles. The molecule has 0 saturated carbocycles. The number of fused-ring (bicyclic) bond motifs is 1. The third-order valence-electron chi connectivity index (χ3n) is 2.32. The fourth-order valence-corrected chi connectivity index (χ4v) is 1.70. The van der Waals surface area contributed by atoms with Gasteiger partial charge in [0.1, 0.15) is 11.2 Å². The van der Waals surface area contributed by atoms with Gasteiger partial charge in [0.25, 0.3) is 0 Å². The van der Waals surface area contributed by atoms with Crippen molar-refractivity contribution in [1.29, 1.82) is 0 Å². The smallest absolute Gasteiger partial charge is 0.419 e. The second-order valence-electron chi connectivity index (χ2n) is 5.02. The van der Waals surface area contributed by atoms with Crippen molar-refractivity contribution in [1.82, 2.24) is 9.55 Å². The fourth-order valence-electron chi connectivity index (χ4n) is 1.70. The van der Waals surface area contributed by atoms with Gasteiger partial charge in [0.05, 0.1) is 0 Å². The molecule has 0 fully saturated rings. The summed E-state index contributed by atoms with van der Waals surface area (Å²) in [4.78, 5) is 16.3. The van der Waals surface area contributed by atoms with Crippen LogP contribution in [0.5, 0.6) is 0 Å². The van der Waals surface area contributed by atoms with E-state index in [0.29, 0.717) is 5.65 Å².